The second-order valence-corrected chi connectivity index (χ2v) is 6.62. The minimum atomic E-state index is -0.148. The Morgan fingerprint density at radius 2 is 1.62 bits per heavy atom. The van der Waals surface area contributed by atoms with Crippen LogP contribution in [0, 0.1) is 5.92 Å². The number of rotatable bonds is 6. The van der Waals surface area contributed by atoms with Gasteiger partial charge in [-0.05, 0) is 42.4 Å². The number of aryl methyl sites for hydroxylation is 1. The summed E-state index contributed by atoms with van der Waals surface area (Å²) in [7, 11) is 0. The summed E-state index contributed by atoms with van der Waals surface area (Å²) < 4.78 is 0. The van der Waals surface area contributed by atoms with Gasteiger partial charge in [0.05, 0.1) is 0 Å². The molecule has 26 heavy (non-hydrogen) atoms. The van der Waals surface area contributed by atoms with Crippen molar-refractivity contribution in [2.45, 2.75) is 26.7 Å². The Hall–Kier alpha value is -2.73. The Morgan fingerprint density at radius 1 is 0.962 bits per heavy atom. The van der Waals surface area contributed by atoms with Gasteiger partial charge in [0, 0.05) is 23.7 Å². The zero-order valence-electron chi connectivity index (χ0n) is 14.9. The zero-order valence-corrected chi connectivity index (χ0v) is 15.7. The van der Waals surface area contributed by atoms with E-state index in [1.807, 2.05) is 42.5 Å². The summed E-state index contributed by atoms with van der Waals surface area (Å²) in [5, 5.41) is 8.68. The molecular weight excluding hydrogens is 346 g/mol. The fourth-order valence-electron chi connectivity index (χ4n) is 2.22. The molecule has 136 valence electrons. The predicted octanol–water partition coefficient (Wildman–Crippen LogP) is 3.73. The zero-order chi connectivity index (χ0) is 18.9. The molecule has 0 fully saturated rings. The third-order valence-electron chi connectivity index (χ3n) is 3.65. The van der Waals surface area contributed by atoms with Gasteiger partial charge in [0.1, 0.15) is 0 Å². The summed E-state index contributed by atoms with van der Waals surface area (Å²) >= 11 is 5.13. The maximum absolute atomic E-state index is 12.1. The molecule has 0 saturated heterocycles. The summed E-state index contributed by atoms with van der Waals surface area (Å²) in [5.41, 5.74) is 2.50. The average molecular weight is 369 g/mol. The largest absolute Gasteiger partial charge is 0.332 e. The fraction of sp³-hybridized carbons (Fsp3) is 0.250. The van der Waals surface area contributed by atoms with Gasteiger partial charge in [-0.2, -0.15) is 0 Å². The minimum Gasteiger partial charge on any atom is -0.332 e. The molecule has 2 rings (SSSR count). The first kappa shape index (κ1) is 19.6. The molecule has 0 spiro atoms. The number of anilines is 2. The van der Waals surface area contributed by atoms with Crippen molar-refractivity contribution in [3.8, 4) is 0 Å². The van der Waals surface area contributed by atoms with E-state index >= 15 is 0 Å². The molecular formula is C20H23N3O2S. The van der Waals surface area contributed by atoms with E-state index in [-0.39, 0.29) is 22.8 Å². The van der Waals surface area contributed by atoms with E-state index in [1.54, 1.807) is 26.0 Å². The van der Waals surface area contributed by atoms with Crippen LogP contribution in [0.25, 0.3) is 0 Å². The Labute approximate surface area is 159 Å². The van der Waals surface area contributed by atoms with E-state index in [0.29, 0.717) is 24.2 Å². The van der Waals surface area contributed by atoms with Crippen LogP contribution < -0.4 is 16.0 Å². The molecule has 0 aliphatic rings. The summed E-state index contributed by atoms with van der Waals surface area (Å²) in [6.45, 7) is 3.59. The van der Waals surface area contributed by atoms with Crippen molar-refractivity contribution < 1.29 is 9.59 Å². The number of hydrogen-bond donors (Lipinski definition) is 3. The van der Waals surface area contributed by atoms with Gasteiger partial charge in [-0.1, -0.05) is 50.2 Å². The molecule has 5 nitrogen and oxygen atoms in total. The number of thiocarbonyl (C=S) groups is 1. The quantitative estimate of drug-likeness (QED) is 0.679. The lowest BCUT2D eigenvalue weighted by Gasteiger charge is -2.12. The summed E-state index contributed by atoms with van der Waals surface area (Å²) in [4.78, 5) is 23.8. The van der Waals surface area contributed by atoms with Crippen molar-refractivity contribution >= 4 is 40.5 Å². The van der Waals surface area contributed by atoms with Crippen molar-refractivity contribution in [2.24, 2.45) is 5.92 Å². The highest BCUT2D eigenvalue weighted by Gasteiger charge is 2.09. The Morgan fingerprint density at radius 3 is 2.27 bits per heavy atom. The van der Waals surface area contributed by atoms with Gasteiger partial charge < -0.3 is 16.0 Å². The highest BCUT2D eigenvalue weighted by Crippen LogP contribution is 2.15. The third-order valence-corrected chi connectivity index (χ3v) is 3.85. The summed E-state index contributed by atoms with van der Waals surface area (Å²) in [6.07, 6.45) is 1.10. The molecule has 0 saturated carbocycles. The Bertz CT molecular complexity index is 776. The lowest BCUT2D eigenvalue weighted by atomic mass is 10.1. The van der Waals surface area contributed by atoms with Gasteiger partial charge in [-0.25, -0.2) is 0 Å². The maximum atomic E-state index is 12.1. The van der Waals surface area contributed by atoms with E-state index < -0.39 is 0 Å². The van der Waals surface area contributed by atoms with Gasteiger partial charge in [0.2, 0.25) is 11.8 Å². The van der Waals surface area contributed by atoms with E-state index in [4.69, 9.17) is 12.2 Å². The van der Waals surface area contributed by atoms with Crippen molar-refractivity contribution in [2.75, 3.05) is 10.6 Å². The van der Waals surface area contributed by atoms with E-state index in [2.05, 4.69) is 16.0 Å². The van der Waals surface area contributed by atoms with Crippen LogP contribution in [0.3, 0.4) is 0 Å². The molecule has 0 radical (unpaired) electrons. The molecule has 6 heteroatoms. The average Bonchev–Trinajstić information content (AvgIpc) is 2.61. The van der Waals surface area contributed by atoms with Crippen LogP contribution in [0.1, 0.15) is 25.8 Å². The first-order chi connectivity index (χ1) is 12.4. The number of carbonyl (C=O) groups is 2. The van der Waals surface area contributed by atoms with Gasteiger partial charge in [-0.3, -0.25) is 9.59 Å². The first-order valence-electron chi connectivity index (χ1n) is 8.49. The minimum absolute atomic E-state index is 0.0540. The molecule has 0 atom stereocenters. The second-order valence-electron chi connectivity index (χ2n) is 6.21. The van der Waals surface area contributed by atoms with Crippen LogP contribution in [0.15, 0.2) is 54.6 Å². The van der Waals surface area contributed by atoms with Crippen molar-refractivity contribution in [1.82, 2.24) is 5.32 Å². The number of nitrogens with one attached hydrogen (secondary N) is 3. The standard InChI is InChI=1S/C20H23N3O2S/c1-14(2)19(25)23-20(26)22-17-10-6-9-16(13-17)21-18(24)12-11-15-7-4-3-5-8-15/h3-10,13-14H,11-12H2,1-2H3,(H,21,24)(H2,22,23,25,26). The van der Waals surface area contributed by atoms with Gasteiger partial charge in [0.25, 0.3) is 0 Å². The van der Waals surface area contributed by atoms with Crippen molar-refractivity contribution in [1.29, 1.82) is 0 Å². The third kappa shape index (κ3) is 6.64. The SMILES string of the molecule is CC(C)C(=O)NC(=S)Nc1cccc(NC(=O)CCc2ccccc2)c1. The molecule has 2 amide bonds. The van der Waals surface area contributed by atoms with E-state index in [9.17, 15) is 9.59 Å². The predicted molar refractivity (Wildman–Crippen MR) is 109 cm³/mol. The number of benzene rings is 2. The number of amides is 2. The molecule has 2 aromatic rings. The molecule has 0 unspecified atom stereocenters. The molecule has 0 bridgehead atoms. The molecule has 0 heterocycles. The molecule has 0 aliphatic heterocycles. The van der Waals surface area contributed by atoms with Crippen molar-refractivity contribution in [3.05, 3.63) is 60.2 Å². The van der Waals surface area contributed by atoms with Gasteiger partial charge in [-0.15, -0.1) is 0 Å². The highest BCUT2D eigenvalue weighted by molar-refractivity contribution is 7.80. The summed E-state index contributed by atoms with van der Waals surface area (Å²) in [5.74, 6) is -0.348. The lowest BCUT2D eigenvalue weighted by Crippen LogP contribution is -2.36. The normalized spacial score (nSPS) is 10.3. The lowest BCUT2D eigenvalue weighted by molar-refractivity contribution is -0.122. The Balaban J connectivity index is 1.87. The molecule has 3 N–H and O–H groups in total. The van der Waals surface area contributed by atoms with Crippen LogP contribution in [-0.4, -0.2) is 16.9 Å². The molecule has 2 aromatic carbocycles. The number of carbonyl (C=O) groups excluding carboxylic acids is 2. The fourth-order valence-corrected chi connectivity index (χ4v) is 2.44. The van der Waals surface area contributed by atoms with E-state index in [0.717, 1.165) is 5.56 Å². The van der Waals surface area contributed by atoms with Crippen LogP contribution in [0.4, 0.5) is 11.4 Å². The van der Waals surface area contributed by atoms with Crippen LogP contribution in [0.2, 0.25) is 0 Å². The van der Waals surface area contributed by atoms with Crippen LogP contribution in [0.5, 0.6) is 0 Å². The highest BCUT2D eigenvalue weighted by atomic mass is 32.1. The van der Waals surface area contributed by atoms with Crippen LogP contribution >= 0.6 is 12.2 Å². The van der Waals surface area contributed by atoms with E-state index in [1.165, 1.54) is 0 Å². The Kier molecular flexibility index (Phi) is 7.29. The van der Waals surface area contributed by atoms with Crippen molar-refractivity contribution in [3.63, 3.8) is 0 Å². The first-order valence-corrected chi connectivity index (χ1v) is 8.90. The smallest absolute Gasteiger partial charge is 0.228 e. The summed E-state index contributed by atoms with van der Waals surface area (Å²) in [6, 6.07) is 17.1. The topological polar surface area (TPSA) is 70.2 Å². The molecule has 0 aliphatic carbocycles. The van der Waals surface area contributed by atoms with Gasteiger partial charge >= 0.3 is 0 Å². The maximum Gasteiger partial charge on any atom is 0.228 e. The molecule has 0 aromatic heterocycles. The second kappa shape index (κ2) is 9.68. The van der Waals surface area contributed by atoms with Gasteiger partial charge in [0.15, 0.2) is 5.11 Å². The monoisotopic (exact) mass is 369 g/mol. The van der Waals surface area contributed by atoms with Crippen LogP contribution in [-0.2, 0) is 16.0 Å². The number of hydrogen-bond acceptors (Lipinski definition) is 3.